The Balaban J connectivity index is 2.83. The number of halogens is 3. The third-order valence-corrected chi connectivity index (χ3v) is 3.73. The molecule has 4 nitrogen and oxygen atoms in total. The molecule has 25 heavy (non-hydrogen) atoms. The Kier molecular flexibility index (Phi) is 5.42. The van der Waals surface area contributed by atoms with E-state index >= 15 is 0 Å². The van der Waals surface area contributed by atoms with Gasteiger partial charge in [-0.2, -0.15) is 18.3 Å². The number of alkyl halides is 3. The molecule has 1 heterocycles. The molecule has 0 bridgehead atoms. The van der Waals surface area contributed by atoms with E-state index in [1.165, 1.54) is 6.21 Å². The van der Waals surface area contributed by atoms with Gasteiger partial charge < -0.3 is 0 Å². The van der Waals surface area contributed by atoms with Gasteiger partial charge in [0.1, 0.15) is 0 Å². The standard InChI is InChI=1S/C18H16F3N3O/c1-4-12(2)11-23-24-15(13-8-6-5-7-9-13)10-14(18(19,20)21)16(22-3)17(24)25/h5-12H,4H2,1-2H3. The largest absolute Gasteiger partial charge is 0.407 e. The first-order valence-corrected chi connectivity index (χ1v) is 7.64. The molecule has 0 aliphatic rings. The van der Waals surface area contributed by atoms with Crippen LogP contribution in [0.2, 0.25) is 0 Å². The number of hydrogen-bond acceptors (Lipinski definition) is 2. The lowest BCUT2D eigenvalue weighted by atomic mass is 10.1. The summed E-state index contributed by atoms with van der Waals surface area (Å²) < 4.78 is 40.7. The summed E-state index contributed by atoms with van der Waals surface area (Å²) in [5, 5.41) is 4.05. The van der Waals surface area contributed by atoms with Gasteiger partial charge in [-0.1, -0.05) is 44.2 Å². The average Bonchev–Trinajstić information content (AvgIpc) is 2.59. The minimum Gasteiger partial charge on any atom is -0.281 e. The highest BCUT2D eigenvalue weighted by atomic mass is 19.4. The van der Waals surface area contributed by atoms with Crippen LogP contribution in [0.25, 0.3) is 16.1 Å². The molecule has 0 N–H and O–H groups in total. The fraction of sp³-hybridized carbons (Fsp3) is 0.278. The minimum absolute atomic E-state index is 0.00937. The van der Waals surface area contributed by atoms with Crippen LogP contribution in [0.4, 0.5) is 18.9 Å². The average molecular weight is 347 g/mol. The quantitative estimate of drug-likeness (QED) is 0.569. The molecule has 1 unspecified atom stereocenters. The van der Waals surface area contributed by atoms with Gasteiger partial charge in [-0.25, -0.2) is 9.52 Å². The molecule has 0 amide bonds. The van der Waals surface area contributed by atoms with Crippen molar-refractivity contribution in [2.75, 3.05) is 0 Å². The number of hydrogen-bond donors (Lipinski definition) is 0. The van der Waals surface area contributed by atoms with Gasteiger partial charge in [0.05, 0.1) is 17.8 Å². The predicted molar refractivity (Wildman–Crippen MR) is 90.7 cm³/mol. The highest BCUT2D eigenvalue weighted by Crippen LogP contribution is 2.36. The van der Waals surface area contributed by atoms with Crippen LogP contribution >= 0.6 is 0 Å². The van der Waals surface area contributed by atoms with E-state index in [0.29, 0.717) is 5.56 Å². The van der Waals surface area contributed by atoms with Crippen LogP contribution in [0.5, 0.6) is 0 Å². The Morgan fingerprint density at radius 2 is 1.96 bits per heavy atom. The Hall–Kier alpha value is -2.88. The van der Waals surface area contributed by atoms with Crippen LogP contribution in [0.3, 0.4) is 0 Å². The van der Waals surface area contributed by atoms with Crippen molar-refractivity contribution in [3.05, 3.63) is 63.7 Å². The molecule has 0 aliphatic heterocycles. The first-order chi connectivity index (χ1) is 11.8. The summed E-state index contributed by atoms with van der Waals surface area (Å²) in [7, 11) is 0. The SMILES string of the molecule is [C-]#[N+]c1c(C(F)(F)F)cc(-c2ccccc2)n(N=CC(C)CC)c1=O. The molecule has 1 aromatic carbocycles. The number of rotatable bonds is 4. The van der Waals surface area contributed by atoms with Gasteiger partial charge in [-0.15, -0.1) is 0 Å². The van der Waals surface area contributed by atoms with Gasteiger partial charge in [-0.05, 0) is 18.4 Å². The number of benzene rings is 1. The highest BCUT2D eigenvalue weighted by Gasteiger charge is 2.36. The zero-order valence-electron chi connectivity index (χ0n) is 13.7. The van der Waals surface area contributed by atoms with Gasteiger partial charge in [0, 0.05) is 11.8 Å². The van der Waals surface area contributed by atoms with Crippen LogP contribution in [0.1, 0.15) is 25.8 Å². The van der Waals surface area contributed by atoms with Crippen molar-refractivity contribution in [3.63, 3.8) is 0 Å². The lowest BCUT2D eigenvalue weighted by molar-refractivity contribution is -0.136. The molecule has 1 aromatic heterocycles. The van der Waals surface area contributed by atoms with Gasteiger partial charge in [0.25, 0.3) is 11.2 Å². The van der Waals surface area contributed by atoms with Crippen molar-refractivity contribution in [1.29, 1.82) is 0 Å². The maximum absolute atomic E-state index is 13.3. The van der Waals surface area contributed by atoms with Crippen LogP contribution in [0, 0.1) is 12.5 Å². The maximum Gasteiger partial charge on any atom is 0.407 e. The molecule has 0 saturated carbocycles. The van der Waals surface area contributed by atoms with E-state index in [-0.39, 0.29) is 11.6 Å². The summed E-state index contributed by atoms with van der Waals surface area (Å²) in [5.74, 6) is 0.0363. The normalized spacial score (nSPS) is 13.0. The second-order valence-electron chi connectivity index (χ2n) is 5.53. The van der Waals surface area contributed by atoms with Gasteiger partial charge >= 0.3 is 6.18 Å². The fourth-order valence-electron chi connectivity index (χ4n) is 2.13. The summed E-state index contributed by atoms with van der Waals surface area (Å²) in [6.45, 7) is 10.8. The molecule has 0 aliphatic carbocycles. The topological polar surface area (TPSA) is 38.7 Å². The molecule has 1 atom stereocenters. The first-order valence-electron chi connectivity index (χ1n) is 7.64. The van der Waals surface area contributed by atoms with E-state index in [1.54, 1.807) is 30.3 Å². The summed E-state index contributed by atoms with van der Waals surface area (Å²) in [6, 6.07) is 8.99. The molecule has 0 radical (unpaired) electrons. The van der Waals surface area contributed by atoms with E-state index in [1.807, 2.05) is 13.8 Å². The van der Waals surface area contributed by atoms with Crippen molar-refractivity contribution >= 4 is 11.9 Å². The van der Waals surface area contributed by atoms with Crippen LogP contribution < -0.4 is 5.56 Å². The molecule has 2 aromatic rings. The van der Waals surface area contributed by atoms with Crippen molar-refractivity contribution in [2.45, 2.75) is 26.4 Å². The molecule has 130 valence electrons. The summed E-state index contributed by atoms with van der Waals surface area (Å²) >= 11 is 0. The van der Waals surface area contributed by atoms with Crippen molar-refractivity contribution in [2.24, 2.45) is 11.0 Å². The lowest BCUT2D eigenvalue weighted by Gasteiger charge is -2.15. The van der Waals surface area contributed by atoms with Crippen molar-refractivity contribution in [3.8, 4) is 11.3 Å². The number of aromatic nitrogens is 1. The molecule has 0 spiro atoms. The van der Waals surface area contributed by atoms with Crippen molar-refractivity contribution < 1.29 is 13.2 Å². The molecular weight excluding hydrogens is 331 g/mol. The molecular formula is C18H16F3N3O. The number of pyridine rings is 1. The Bertz CT molecular complexity index is 877. The predicted octanol–water partition coefficient (Wildman–Crippen LogP) is 4.96. The first kappa shape index (κ1) is 18.5. The number of nitrogens with zero attached hydrogens (tertiary/aromatic N) is 3. The summed E-state index contributed by atoms with van der Waals surface area (Å²) in [5.41, 5.74) is -2.91. The van der Waals surface area contributed by atoms with E-state index < -0.39 is 23.0 Å². The van der Waals surface area contributed by atoms with Crippen LogP contribution in [-0.4, -0.2) is 10.9 Å². The Morgan fingerprint density at radius 1 is 1.32 bits per heavy atom. The lowest BCUT2D eigenvalue weighted by Crippen LogP contribution is -2.22. The third kappa shape index (κ3) is 3.97. The maximum atomic E-state index is 13.3. The fourth-order valence-corrected chi connectivity index (χ4v) is 2.13. The van der Waals surface area contributed by atoms with Gasteiger partial charge in [0.15, 0.2) is 0 Å². The van der Waals surface area contributed by atoms with Gasteiger partial charge in [0.2, 0.25) is 0 Å². The van der Waals surface area contributed by atoms with Crippen molar-refractivity contribution in [1.82, 2.24) is 4.68 Å². The molecule has 7 heteroatoms. The highest BCUT2D eigenvalue weighted by molar-refractivity contribution is 5.67. The minimum atomic E-state index is -4.80. The molecule has 0 fully saturated rings. The second kappa shape index (κ2) is 7.34. The third-order valence-electron chi connectivity index (χ3n) is 3.73. The Morgan fingerprint density at radius 3 is 2.48 bits per heavy atom. The van der Waals surface area contributed by atoms with E-state index in [0.717, 1.165) is 17.2 Å². The molecule has 2 rings (SSSR count). The van der Waals surface area contributed by atoms with Gasteiger partial charge in [-0.3, -0.25) is 4.79 Å². The zero-order chi connectivity index (χ0) is 18.6. The zero-order valence-corrected chi connectivity index (χ0v) is 13.7. The summed E-state index contributed by atoms with van der Waals surface area (Å²) in [6.07, 6.45) is -2.55. The summed E-state index contributed by atoms with van der Waals surface area (Å²) in [4.78, 5) is 15.3. The van der Waals surface area contributed by atoms with Crippen LogP contribution in [-0.2, 0) is 6.18 Å². The molecule has 0 saturated heterocycles. The van der Waals surface area contributed by atoms with E-state index in [9.17, 15) is 18.0 Å². The Labute approximate surface area is 143 Å². The monoisotopic (exact) mass is 347 g/mol. The second-order valence-corrected chi connectivity index (χ2v) is 5.53. The smallest absolute Gasteiger partial charge is 0.281 e. The van der Waals surface area contributed by atoms with E-state index in [2.05, 4.69) is 9.95 Å². The van der Waals surface area contributed by atoms with E-state index in [4.69, 9.17) is 6.57 Å². The van der Waals surface area contributed by atoms with Crippen LogP contribution in [0.15, 0.2) is 46.3 Å².